The van der Waals surface area contributed by atoms with Crippen LogP contribution < -0.4 is 0 Å². The normalized spacial score (nSPS) is 52.2. The van der Waals surface area contributed by atoms with Crippen LogP contribution in [0.5, 0.6) is 0 Å². The second-order valence-electron chi connectivity index (χ2n) is 25.9. The molecule has 0 aliphatic heterocycles. The van der Waals surface area contributed by atoms with Crippen LogP contribution in [-0.4, -0.2) is 31.4 Å². The number of hydrogen-bond donors (Lipinski definition) is 2. The second-order valence-corrected chi connectivity index (χ2v) is 25.9. The fraction of sp³-hybridized carbons (Fsp3) is 0.724. The summed E-state index contributed by atoms with van der Waals surface area (Å²) in [5, 5.41) is 45.0. The number of aromatic nitrogens is 2. The Hall–Kier alpha value is -3.32. The molecule has 8 aliphatic carbocycles. The van der Waals surface area contributed by atoms with Gasteiger partial charge in [-0.25, -0.2) is 0 Å². The molecule has 0 spiro atoms. The number of allylic oxidation sites excluding steroid dienone is 4. The molecule has 6 saturated carbocycles. The lowest BCUT2D eigenvalue weighted by atomic mass is 9.29. The van der Waals surface area contributed by atoms with Crippen LogP contribution in [0, 0.1) is 100 Å². The van der Waals surface area contributed by atoms with Gasteiger partial charge < -0.3 is 10.2 Å². The lowest BCUT2D eigenvalue weighted by Crippen LogP contribution is -2.72. The van der Waals surface area contributed by atoms with Gasteiger partial charge in [0, 0.05) is 35.6 Å². The largest absolute Gasteiger partial charge is 0.375 e. The highest BCUT2D eigenvalue weighted by molar-refractivity contribution is 5.74. The minimum Gasteiger partial charge on any atom is -0.375 e. The first-order valence-electron chi connectivity index (χ1n) is 25.3. The molecule has 0 aromatic carbocycles. The van der Waals surface area contributed by atoms with Gasteiger partial charge in [-0.2, -0.15) is 10.5 Å². The van der Waals surface area contributed by atoms with E-state index in [1.165, 1.54) is 35.1 Å². The van der Waals surface area contributed by atoms with Crippen molar-refractivity contribution >= 4 is 11.1 Å². The molecule has 0 amide bonds. The lowest BCUT2D eigenvalue weighted by molar-refractivity contribution is -0.288. The van der Waals surface area contributed by atoms with Crippen LogP contribution >= 0.6 is 0 Å². The highest BCUT2D eigenvalue weighted by Crippen LogP contribution is 2.82. The molecule has 6 fully saturated rings. The first-order chi connectivity index (χ1) is 29.8. The topological polar surface area (TPSA) is 114 Å². The van der Waals surface area contributed by atoms with E-state index >= 15 is 0 Å². The van der Waals surface area contributed by atoms with E-state index in [2.05, 4.69) is 129 Å². The predicted molar refractivity (Wildman–Crippen MR) is 257 cm³/mol. The number of hydrogen-bond acceptors (Lipinski definition) is 6. The maximum atomic E-state index is 12.1. The molecule has 16 atom stereocenters. The summed E-state index contributed by atoms with van der Waals surface area (Å²) in [6.45, 7) is 28.8. The Balaban J connectivity index is 0.000000162. The van der Waals surface area contributed by atoms with E-state index in [0.717, 1.165) is 64.2 Å². The van der Waals surface area contributed by atoms with Crippen molar-refractivity contribution in [1.29, 1.82) is 10.5 Å². The molecule has 0 radical (unpaired) electrons. The Morgan fingerprint density at radius 1 is 0.516 bits per heavy atom. The lowest BCUT2D eigenvalue weighted by Gasteiger charge is -2.75. The molecule has 6 heteroatoms. The molecule has 0 bridgehead atoms. The molecule has 2 aromatic heterocycles. The molecule has 6 nitrogen and oxygen atoms in total. The first kappa shape index (κ1) is 45.8. The van der Waals surface area contributed by atoms with Crippen molar-refractivity contribution in [3.8, 4) is 12.1 Å². The molecule has 64 heavy (non-hydrogen) atoms. The summed E-state index contributed by atoms with van der Waals surface area (Å²) in [6.07, 6.45) is 27.0. The van der Waals surface area contributed by atoms with Crippen LogP contribution in [0.2, 0.25) is 0 Å². The average molecular weight is 865 g/mol. The van der Waals surface area contributed by atoms with Gasteiger partial charge in [-0.15, -0.1) is 0 Å². The van der Waals surface area contributed by atoms with Gasteiger partial charge in [-0.05, 0) is 178 Å². The number of pyridine rings is 2. The summed E-state index contributed by atoms with van der Waals surface area (Å²) in [7, 11) is 0. The van der Waals surface area contributed by atoms with Crippen LogP contribution in [0.15, 0.2) is 61.2 Å². The summed E-state index contributed by atoms with van der Waals surface area (Å²) in [4.78, 5) is 8.82. The standard InChI is InChI=1S/2C29H40N2O/c2*1-20-9-12-27(5)26(4)14-13-24(2)22(21-8-7-15-31-18-21)10-11-25(24,3)23(26)17-29(32,19-30)28(27,6)16-20/h2*7-8,10,15,18,20,23,32H,9,11-14,16-17H2,1-6H3/t20-,23-,24+,25-,26-,27+,28-,29+;20-,23-,24+,25-,26-,27+,28-,29-/m00/s1. The second kappa shape index (κ2) is 14.1. The van der Waals surface area contributed by atoms with Gasteiger partial charge in [0.25, 0.3) is 0 Å². The summed E-state index contributed by atoms with van der Waals surface area (Å²) < 4.78 is 0. The smallest absolute Gasteiger partial charge is 0.157 e. The number of nitrogens with zero attached hydrogens (tertiary/aromatic N) is 4. The van der Waals surface area contributed by atoms with Crippen molar-refractivity contribution in [1.82, 2.24) is 9.97 Å². The number of rotatable bonds is 2. The van der Waals surface area contributed by atoms with Gasteiger partial charge in [0.15, 0.2) is 11.2 Å². The molecule has 2 aromatic rings. The van der Waals surface area contributed by atoms with E-state index in [1.54, 1.807) is 0 Å². The molecular weight excluding hydrogens is 785 g/mol. The third-order valence-corrected chi connectivity index (χ3v) is 24.4. The third kappa shape index (κ3) is 5.26. The number of fused-ring (bicyclic) bond motifs is 10. The zero-order valence-corrected chi connectivity index (χ0v) is 41.7. The minimum atomic E-state index is -1.28. The van der Waals surface area contributed by atoms with Crippen molar-refractivity contribution in [2.24, 2.45) is 77.8 Å². The van der Waals surface area contributed by atoms with Crippen molar-refractivity contribution in [2.75, 3.05) is 0 Å². The molecule has 2 N–H and O–H groups in total. The maximum Gasteiger partial charge on any atom is 0.157 e. The average Bonchev–Trinajstić information content (AvgIpc) is 3.72. The van der Waals surface area contributed by atoms with E-state index < -0.39 is 11.2 Å². The van der Waals surface area contributed by atoms with Crippen LogP contribution in [0.25, 0.3) is 11.1 Å². The summed E-state index contributed by atoms with van der Waals surface area (Å²) in [6, 6.07) is 13.4. The van der Waals surface area contributed by atoms with Crippen LogP contribution in [0.3, 0.4) is 0 Å². The monoisotopic (exact) mass is 865 g/mol. The number of aliphatic hydroxyl groups is 2. The highest BCUT2D eigenvalue weighted by atomic mass is 16.3. The summed E-state index contributed by atoms with van der Waals surface area (Å²) in [5.74, 6) is 1.72. The Bertz CT molecular complexity index is 2190. The Labute approximate surface area is 386 Å². The van der Waals surface area contributed by atoms with Crippen molar-refractivity contribution < 1.29 is 10.2 Å². The predicted octanol–water partition coefficient (Wildman–Crippen LogP) is 13.6. The van der Waals surface area contributed by atoms with Gasteiger partial charge in [0.1, 0.15) is 0 Å². The Morgan fingerprint density at radius 2 is 0.891 bits per heavy atom. The van der Waals surface area contributed by atoms with Crippen LogP contribution in [0.4, 0.5) is 0 Å². The van der Waals surface area contributed by atoms with E-state index in [9.17, 15) is 20.7 Å². The summed E-state index contributed by atoms with van der Waals surface area (Å²) >= 11 is 0. The van der Waals surface area contributed by atoms with Gasteiger partial charge in [0.05, 0.1) is 12.1 Å². The van der Waals surface area contributed by atoms with Gasteiger partial charge in [-0.3, -0.25) is 9.97 Å². The summed E-state index contributed by atoms with van der Waals surface area (Å²) in [5.41, 5.74) is 2.21. The van der Waals surface area contributed by atoms with Crippen molar-refractivity contribution in [3.05, 3.63) is 72.3 Å². The van der Waals surface area contributed by atoms with E-state index in [4.69, 9.17) is 0 Å². The van der Waals surface area contributed by atoms with Crippen LogP contribution in [0.1, 0.15) is 184 Å². The quantitative estimate of drug-likeness (QED) is 0.291. The van der Waals surface area contributed by atoms with Gasteiger partial charge >= 0.3 is 0 Å². The third-order valence-electron chi connectivity index (χ3n) is 24.4. The van der Waals surface area contributed by atoms with Crippen LogP contribution in [-0.2, 0) is 0 Å². The van der Waals surface area contributed by atoms with Gasteiger partial charge in [0.2, 0.25) is 0 Å². The molecule has 8 aliphatic rings. The maximum absolute atomic E-state index is 12.1. The van der Waals surface area contributed by atoms with Crippen molar-refractivity contribution in [2.45, 2.75) is 184 Å². The SMILES string of the molecule is C[C@H]1CC[C@@]2(C)[C@](C)(C1)[C@@](O)(C#N)C[C@@H]1[C@]2(C)CC[C@]2(C)C(c3cccnc3)=CC[C@@]12C.C[C@H]1CC[C@@]2(C)[C@](C)(C1)[C@](O)(C#N)C[C@@H]1[C@]2(C)CC[C@]2(C)C(c3cccnc3)=CC[C@@]12C. The molecule has 2 heterocycles. The molecule has 344 valence electrons. The van der Waals surface area contributed by atoms with Gasteiger partial charge in [-0.1, -0.05) is 120 Å². The number of nitriles is 2. The minimum absolute atomic E-state index is 0.0173. The Kier molecular flexibility index (Phi) is 10.1. The van der Waals surface area contributed by atoms with E-state index in [-0.39, 0.29) is 54.1 Å². The molecule has 0 saturated heterocycles. The Morgan fingerprint density at radius 3 is 1.22 bits per heavy atom. The highest BCUT2D eigenvalue weighted by Gasteiger charge is 2.78. The molecule has 10 rings (SSSR count). The zero-order valence-electron chi connectivity index (χ0n) is 41.7. The van der Waals surface area contributed by atoms with E-state index in [0.29, 0.717) is 36.5 Å². The fourth-order valence-corrected chi connectivity index (χ4v) is 19.1. The first-order valence-corrected chi connectivity index (χ1v) is 25.3. The molecule has 0 unspecified atom stereocenters. The van der Waals surface area contributed by atoms with E-state index in [1.807, 2.05) is 36.9 Å². The van der Waals surface area contributed by atoms with Crippen molar-refractivity contribution in [3.63, 3.8) is 0 Å². The molecular formula is C58H80N4O2. The fourth-order valence-electron chi connectivity index (χ4n) is 19.1. The zero-order chi connectivity index (χ0) is 46.4.